The highest BCUT2D eigenvalue weighted by Crippen LogP contribution is 2.26. The summed E-state index contributed by atoms with van der Waals surface area (Å²) in [5, 5.41) is 0.321. The first kappa shape index (κ1) is 12.7. The predicted molar refractivity (Wildman–Crippen MR) is 83.2 cm³/mol. The second-order valence-electron chi connectivity index (χ2n) is 4.07. The Bertz CT molecular complexity index is 765. The molecule has 6 heteroatoms. The lowest BCUT2D eigenvalue weighted by Crippen LogP contribution is -2.01. The number of imidazole rings is 1. The molecule has 0 aliphatic heterocycles. The molecule has 1 heterocycles. The van der Waals surface area contributed by atoms with E-state index in [-0.39, 0.29) is 0 Å². The Morgan fingerprint density at radius 1 is 1.21 bits per heavy atom. The van der Waals surface area contributed by atoms with Gasteiger partial charge in [-0.2, -0.15) is 0 Å². The number of hydrogen-bond acceptors (Lipinski definition) is 2. The van der Waals surface area contributed by atoms with Crippen molar-refractivity contribution in [1.29, 1.82) is 0 Å². The molecule has 0 amide bonds. The number of hydrogen-bond donors (Lipinski definition) is 1. The maximum absolute atomic E-state index is 13.5. The number of benzene rings is 2. The molecular weight excluding hydrogens is 380 g/mol. The van der Waals surface area contributed by atoms with E-state index in [4.69, 9.17) is 17.3 Å². The van der Waals surface area contributed by atoms with Gasteiger partial charge in [0.05, 0.1) is 16.7 Å². The SMILES string of the molecule is Nc1nc2cc(I)ccc2n1-c1cc(F)cc(Cl)c1. The normalized spacial score (nSPS) is 11.1. The van der Waals surface area contributed by atoms with E-state index in [1.54, 1.807) is 10.6 Å². The van der Waals surface area contributed by atoms with Crippen LogP contribution in [0.3, 0.4) is 0 Å². The van der Waals surface area contributed by atoms with Crippen LogP contribution in [-0.2, 0) is 0 Å². The van der Waals surface area contributed by atoms with Gasteiger partial charge in [0.1, 0.15) is 5.82 Å². The van der Waals surface area contributed by atoms with Gasteiger partial charge in [-0.15, -0.1) is 0 Å². The number of anilines is 1. The lowest BCUT2D eigenvalue weighted by Gasteiger charge is -2.07. The van der Waals surface area contributed by atoms with E-state index < -0.39 is 5.82 Å². The van der Waals surface area contributed by atoms with Gasteiger partial charge in [-0.25, -0.2) is 9.37 Å². The molecule has 0 aliphatic rings. The van der Waals surface area contributed by atoms with Crippen LogP contribution in [0.5, 0.6) is 0 Å². The second-order valence-corrected chi connectivity index (χ2v) is 5.75. The third kappa shape index (κ3) is 2.28. The molecule has 3 rings (SSSR count). The molecule has 0 spiro atoms. The van der Waals surface area contributed by atoms with Crippen molar-refractivity contribution in [3.63, 3.8) is 0 Å². The third-order valence-electron chi connectivity index (χ3n) is 2.75. The number of rotatable bonds is 1. The number of nitrogen functional groups attached to an aromatic ring is 1. The van der Waals surface area contributed by atoms with Gasteiger partial charge in [-0.05, 0) is 59.0 Å². The van der Waals surface area contributed by atoms with E-state index >= 15 is 0 Å². The van der Waals surface area contributed by atoms with E-state index in [0.717, 1.165) is 14.6 Å². The molecular formula is C13H8ClFIN3. The first-order chi connectivity index (χ1) is 9.04. The average Bonchev–Trinajstić information content (AvgIpc) is 2.62. The van der Waals surface area contributed by atoms with Crippen LogP contribution in [0.1, 0.15) is 0 Å². The molecule has 0 atom stereocenters. The van der Waals surface area contributed by atoms with Gasteiger partial charge in [0.2, 0.25) is 5.95 Å². The maximum Gasteiger partial charge on any atom is 0.205 e. The summed E-state index contributed by atoms with van der Waals surface area (Å²) in [6.07, 6.45) is 0. The fourth-order valence-electron chi connectivity index (χ4n) is 2.01. The summed E-state index contributed by atoms with van der Waals surface area (Å²) in [6, 6.07) is 10.1. The zero-order valence-corrected chi connectivity index (χ0v) is 12.5. The van der Waals surface area contributed by atoms with Crippen molar-refractivity contribution in [2.75, 3.05) is 5.73 Å². The molecule has 96 valence electrons. The Hall–Kier alpha value is -1.34. The second kappa shape index (κ2) is 4.64. The van der Waals surface area contributed by atoms with Crippen molar-refractivity contribution in [1.82, 2.24) is 9.55 Å². The third-order valence-corrected chi connectivity index (χ3v) is 3.64. The fraction of sp³-hybridized carbons (Fsp3) is 0. The smallest absolute Gasteiger partial charge is 0.205 e. The van der Waals surface area contributed by atoms with Gasteiger partial charge in [0.25, 0.3) is 0 Å². The van der Waals surface area contributed by atoms with Crippen LogP contribution in [0, 0.1) is 9.39 Å². The monoisotopic (exact) mass is 387 g/mol. The van der Waals surface area contributed by atoms with E-state index in [9.17, 15) is 4.39 Å². The minimum atomic E-state index is -0.408. The molecule has 0 unspecified atom stereocenters. The van der Waals surface area contributed by atoms with Crippen LogP contribution in [0.15, 0.2) is 36.4 Å². The molecule has 2 aromatic carbocycles. The molecule has 0 aliphatic carbocycles. The summed E-state index contributed by atoms with van der Waals surface area (Å²) in [4.78, 5) is 4.28. The van der Waals surface area contributed by atoms with Crippen molar-refractivity contribution in [3.05, 3.63) is 50.8 Å². The van der Waals surface area contributed by atoms with Crippen LogP contribution in [0.2, 0.25) is 5.02 Å². The largest absolute Gasteiger partial charge is 0.369 e. The first-order valence-corrected chi connectivity index (χ1v) is 6.90. The van der Waals surface area contributed by atoms with Crippen molar-refractivity contribution in [3.8, 4) is 5.69 Å². The standard InChI is InChI=1S/C13H8ClFIN3/c14-7-3-8(15)5-10(4-7)19-12-2-1-9(16)6-11(12)18-13(19)17/h1-6H,(H2,17,18). The lowest BCUT2D eigenvalue weighted by molar-refractivity contribution is 0.627. The van der Waals surface area contributed by atoms with Crippen LogP contribution in [-0.4, -0.2) is 9.55 Å². The quantitative estimate of drug-likeness (QED) is 0.641. The zero-order valence-electron chi connectivity index (χ0n) is 9.57. The molecule has 0 fully saturated rings. The molecule has 0 saturated carbocycles. The Morgan fingerprint density at radius 3 is 2.74 bits per heavy atom. The molecule has 3 aromatic rings. The van der Waals surface area contributed by atoms with Crippen LogP contribution >= 0.6 is 34.2 Å². The van der Waals surface area contributed by atoms with Crippen molar-refractivity contribution in [2.24, 2.45) is 0 Å². The molecule has 3 nitrogen and oxygen atoms in total. The maximum atomic E-state index is 13.5. The minimum absolute atomic E-state index is 0.304. The predicted octanol–water partition coefficient (Wildman–Crippen LogP) is 4.00. The highest BCUT2D eigenvalue weighted by atomic mass is 127. The van der Waals surface area contributed by atoms with Gasteiger partial charge < -0.3 is 5.73 Å². The van der Waals surface area contributed by atoms with E-state index in [2.05, 4.69) is 27.6 Å². The number of nitrogens with two attached hydrogens (primary N) is 1. The summed E-state index contributed by atoms with van der Waals surface area (Å²) < 4.78 is 16.2. The number of nitrogens with zero attached hydrogens (tertiary/aromatic N) is 2. The Kier molecular flexibility index (Phi) is 3.10. The topological polar surface area (TPSA) is 43.8 Å². The summed E-state index contributed by atoms with van der Waals surface area (Å²) in [6.45, 7) is 0. The van der Waals surface area contributed by atoms with Crippen molar-refractivity contribution >= 4 is 51.2 Å². The number of halogens is 3. The Balaban J connectivity index is 2.32. The highest BCUT2D eigenvalue weighted by Gasteiger charge is 2.11. The highest BCUT2D eigenvalue weighted by molar-refractivity contribution is 14.1. The van der Waals surface area contributed by atoms with E-state index in [1.807, 2.05) is 18.2 Å². The molecule has 0 radical (unpaired) electrons. The molecule has 0 bridgehead atoms. The summed E-state index contributed by atoms with van der Waals surface area (Å²) >= 11 is 8.08. The average molecular weight is 388 g/mol. The van der Waals surface area contributed by atoms with Crippen LogP contribution in [0.4, 0.5) is 10.3 Å². The van der Waals surface area contributed by atoms with Crippen LogP contribution < -0.4 is 5.73 Å². The van der Waals surface area contributed by atoms with Crippen molar-refractivity contribution < 1.29 is 4.39 Å². The Labute approximate surface area is 127 Å². The van der Waals surface area contributed by atoms with Crippen molar-refractivity contribution in [2.45, 2.75) is 0 Å². The van der Waals surface area contributed by atoms with Gasteiger partial charge >= 0.3 is 0 Å². The van der Waals surface area contributed by atoms with Crippen LogP contribution in [0.25, 0.3) is 16.7 Å². The van der Waals surface area contributed by atoms with Gasteiger partial charge in [0.15, 0.2) is 0 Å². The summed E-state index contributed by atoms with van der Waals surface area (Å²) in [5.41, 5.74) is 8.07. The lowest BCUT2D eigenvalue weighted by atomic mass is 10.2. The van der Waals surface area contributed by atoms with Gasteiger partial charge in [0, 0.05) is 8.59 Å². The molecule has 0 saturated heterocycles. The van der Waals surface area contributed by atoms with Gasteiger partial charge in [-0.3, -0.25) is 4.57 Å². The summed E-state index contributed by atoms with van der Waals surface area (Å²) in [7, 11) is 0. The first-order valence-electron chi connectivity index (χ1n) is 5.44. The van der Waals surface area contributed by atoms with E-state index in [1.165, 1.54) is 12.1 Å². The van der Waals surface area contributed by atoms with E-state index in [0.29, 0.717) is 16.7 Å². The Morgan fingerprint density at radius 2 is 2.00 bits per heavy atom. The molecule has 2 N–H and O–H groups in total. The van der Waals surface area contributed by atoms with Gasteiger partial charge in [-0.1, -0.05) is 11.6 Å². The molecule has 1 aromatic heterocycles. The fourth-order valence-corrected chi connectivity index (χ4v) is 2.70. The minimum Gasteiger partial charge on any atom is -0.369 e. The molecule has 19 heavy (non-hydrogen) atoms. The summed E-state index contributed by atoms with van der Waals surface area (Å²) in [5.74, 6) is -0.104. The zero-order chi connectivity index (χ0) is 13.6. The number of fused-ring (bicyclic) bond motifs is 1. The number of aromatic nitrogens is 2.